The van der Waals surface area contributed by atoms with Gasteiger partial charge in [-0.05, 0) is 26.2 Å². The lowest BCUT2D eigenvalue weighted by atomic mass is 10.0. The second-order valence-corrected chi connectivity index (χ2v) is 4.52. The van der Waals surface area contributed by atoms with Crippen molar-refractivity contribution >= 4 is 5.82 Å². The molecule has 4 heteroatoms. The molecular formula is C13H21N3O. The molecule has 1 atom stereocenters. The van der Waals surface area contributed by atoms with E-state index >= 15 is 0 Å². The molecule has 1 aliphatic heterocycles. The summed E-state index contributed by atoms with van der Waals surface area (Å²) in [5.74, 6) is 2.26. The predicted octanol–water partition coefficient (Wildman–Crippen LogP) is 2.28. The second kappa shape index (κ2) is 5.45. The standard InChI is InChI=1S/C13H21N3O/c1-4-11-9(2)12(14-3)16-13(15-11)10-6-5-7-17-8-10/h10H,4-8H2,1-3H3,(H,14,15,16). The molecule has 1 aliphatic rings. The molecule has 1 saturated heterocycles. The average molecular weight is 235 g/mol. The van der Waals surface area contributed by atoms with Crippen LogP contribution >= 0.6 is 0 Å². The van der Waals surface area contributed by atoms with Gasteiger partial charge < -0.3 is 10.1 Å². The van der Waals surface area contributed by atoms with Gasteiger partial charge in [0, 0.05) is 30.8 Å². The first-order valence-corrected chi connectivity index (χ1v) is 6.39. The minimum Gasteiger partial charge on any atom is -0.381 e. The van der Waals surface area contributed by atoms with Crippen molar-refractivity contribution in [2.24, 2.45) is 0 Å². The molecule has 2 rings (SSSR count). The lowest BCUT2D eigenvalue weighted by Crippen LogP contribution is -2.19. The molecule has 0 aliphatic carbocycles. The minimum absolute atomic E-state index is 0.363. The van der Waals surface area contributed by atoms with Gasteiger partial charge in [0.25, 0.3) is 0 Å². The molecule has 17 heavy (non-hydrogen) atoms. The number of nitrogens with one attached hydrogen (secondary N) is 1. The predicted molar refractivity (Wildman–Crippen MR) is 68.5 cm³/mol. The maximum Gasteiger partial charge on any atom is 0.136 e. The van der Waals surface area contributed by atoms with Crippen molar-refractivity contribution in [1.29, 1.82) is 0 Å². The molecule has 0 spiro atoms. The van der Waals surface area contributed by atoms with Gasteiger partial charge in [-0.2, -0.15) is 0 Å². The molecule has 94 valence electrons. The van der Waals surface area contributed by atoms with Gasteiger partial charge >= 0.3 is 0 Å². The van der Waals surface area contributed by atoms with Crippen LogP contribution in [-0.4, -0.2) is 30.2 Å². The van der Waals surface area contributed by atoms with E-state index in [9.17, 15) is 0 Å². The Hall–Kier alpha value is -1.16. The summed E-state index contributed by atoms with van der Waals surface area (Å²) in [5, 5.41) is 3.16. The van der Waals surface area contributed by atoms with Gasteiger partial charge in [0.05, 0.1) is 6.61 Å². The maximum atomic E-state index is 5.51. The molecule has 0 amide bonds. The highest BCUT2D eigenvalue weighted by molar-refractivity contribution is 5.45. The Bertz CT molecular complexity index is 361. The van der Waals surface area contributed by atoms with Crippen LogP contribution in [0.5, 0.6) is 0 Å². The average Bonchev–Trinajstić information content (AvgIpc) is 2.40. The fourth-order valence-corrected chi connectivity index (χ4v) is 2.30. The van der Waals surface area contributed by atoms with Gasteiger partial charge in [-0.25, -0.2) is 9.97 Å². The Balaban J connectivity index is 2.33. The summed E-state index contributed by atoms with van der Waals surface area (Å²) in [6.45, 7) is 5.85. The van der Waals surface area contributed by atoms with Crippen molar-refractivity contribution in [2.75, 3.05) is 25.6 Å². The Kier molecular flexibility index (Phi) is 3.94. The van der Waals surface area contributed by atoms with Gasteiger partial charge in [0.2, 0.25) is 0 Å². The molecule has 4 nitrogen and oxygen atoms in total. The first-order chi connectivity index (χ1) is 8.26. The first-order valence-electron chi connectivity index (χ1n) is 6.39. The number of hydrogen-bond donors (Lipinski definition) is 1. The largest absolute Gasteiger partial charge is 0.381 e. The fraction of sp³-hybridized carbons (Fsp3) is 0.692. The summed E-state index contributed by atoms with van der Waals surface area (Å²) in [7, 11) is 1.91. The zero-order valence-electron chi connectivity index (χ0n) is 10.9. The minimum atomic E-state index is 0.363. The van der Waals surface area contributed by atoms with Crippen LogP contribution < -0.4 is 5.32 Å². The maximum absolute atomic E-state index is 5.51. The second-order valence-electron chi connectivity index (χ2n) is 4.52. The molecule has 0 saturated carbocycles. The van der Waals surface area contributed by atoms with Gasteiger partial charge in [0.15, 0.2) is 0 Å². The molecule has 1 unspecified atom stereocenters. The van der Waals surface area contributed by atoms with Gasteiger partial charge in [0.1, 0.15) is 11.6 Å². The van der Waals surface area contributed by atoms with Crippen LogP contribution in [0, 0.1) is 6.92 Å². The number of anilines is 1. The Morgan fingerprint density at radius 3 is 2.82 bits per heavy atom. The Morgan fingerprint density at radius 2 is 2.24 bits per heavy atom. The van der Waals surface area contributed by atoms with Crippen molar-refractivity contribution in [1.82, 2.24) is 9.97 Å². The smallest absolute Gasteiger partial charge is 0.136 e. The molecule has 0 aromatic carbocycles. The van der Waals surface area contributed by atoms with E-state index in [1.165, 1.54) is 0 Å². The summed E-state index contributed by atoms with van der Waals surface area (Å²) < 4.78 is 5.51. The summed E-state index contributed by atoms with van der Waals surface area (Å²) in [5.41, 5.74) is 2.31. The van der Waals surface area contributed by atoms with Crippen LogP contribution in [0.3, 0.4) is 0 Å². The highest BCUT2D eigenvalue weighted by atomic mass is 16.5. The van der Waals surface area contributed by atoms with Crippen LogP contribution in [0.15, 0.2) is 0 Å². The zero-order chi connectivity index (χ0) is 12.3. The Labute approximate surface area is 103 Å². The molecule has 1 fully saturated rings. The third-order valence-electron chi connectivity index (χ3n) is 3.36. The first kappa shape index (κ1) is 12.3. The molecular weight excluding hydrogens is 214 g/mol. The van der Waals surface area contributed by atoms with Gasteiger partial charge in [-0.1, -0.05) is 6.92 Å². The number of aryl methyl sites for hydroxylation is 1. The van der Waals surface area contributed by atoms with Crippen molar-refractivity contribution in [3.05, 3.63) is 17.1 Å². The molecule has 1 N–H and O–H groups in total. The molecule has 2 heterocycles. The summed E-state index contributed by atoms with van der Waals surface area (Å²) in [6, 6.07) is 0. The number of ether oxygens (including phenoxy) is 1. The molecule has 1 aromatic rings. The van der Waals surface area contributed by atoms with Crippen LogP contribution in [0.25, 0.3) is 0 Å². The SMILES string of the molecule is CCc1nc(C2CCCOC2)nc(NC)c1C. The van der Waals surface area contributed by atoms with Crippen molar-refractivity contribution in [2.45, 2.75) is 39.0 Å². The zero-order valence-corrected chi connectivity index (χ0v) is 10.9. The van der Waals surface area contributed by atoms with Crippen LogP contribution in [0.2, 0.25) is 0 Å². The van der Waals surface area contributed by atoms with E-state index in [1.54, 1.807) is 0 Å². The number of hydrogen-bond acceptors (Lipinski definition) is 4. The van der Waals surface area contributed by atoms with Crippen molar-refractivity contribution in [3.8, 4) is 0 Å². The highest BCUT2D eigenvalue weighted by Gasteiger charge is 2.20. The number of nitrogens with zero attached hydrogens (tertiary/aromatic N) is 2. The third kappa shape index (κ3) is 2.57. The van der Waals surface area contributed by atoms with Crippen LogP contribution in [0.1, 0.15) is 42.8 Å². The van der Waals surface area contributed by atoms with Gasteiger partial charge in [-0.3, -0.25) is 0 Å². The lowest BCUT2D eigenvalue weighted by molar-refractivity contribution is 0.0780. The summed E-state index contributed by atoms with van der Waals surface area (Å²) in [6.07, 6.45) is 3.19. The van der Waals surface area contributed by atoms with Crippen molar-refractivity contribution in [3.63, 3.8) is 0 Å². The van der Waals surface area contributed by atoms with Crippen LogP contribution in [0.4, 0.5) is 5.82 Å². The van der Waals surface area contributed by atoms with Gasteiger partial charge in [-0.15, -0.1) is 0 Å². The highest BCUT2D eigenvalue weighted by Crippen LogP contribution is 2.25. The quantitative estimate of drug-likeness (QED) is 0.873. The van der Waals surface area contributed by atoms with E-state index < -0.39 is 0 Å². The van der Waals surface area contributed by atoms with Crippen LogP contribution in [-0.2, 0) is 11.2 Å². The lowest BCUT2D eigenvalue weighted by Gasteiger charge is -2.22. The summed E-state index contributed by atoms with van der Waals surface area (Å²) in [4.78, 5) is 9.31. The molecule has 1 aromatic heterocycles. The summed E-state index contributed by atoms with van der Waals surface area (Å²) >= 11 is 0. The Morgan fingerprint density at radius 1 is 1.41 bits per heavy atom. The fourth-order valence-electron chi connectivity index (χ4n) is 2.30. The number of rotatable bonds is 3. The van der Waals surface area contributed by atoms with Crippen molar-refractivity contribution < 1.29 is 4.74 Å². The normalized spacial score (nSPS) is 20.3. The van der Waals surface area contributed by atoms with E-state index in [0.29, 0.717) is 5.92 Å². The topological polar surface area (TPSA) is 47.0 Å². The van der Waals surface area contributed by atoms with E-state index in [1.807, 2.05) is 7.05 Å². The third-order valence-corrected chi connectivity index (χ3v) is 3.36. The monoisotopic (exact) mass is 235 g/mol. The molecule has 0 bridgehead atoms. The number of aromatic nitrogens is 2. The van der Waals surface area contributed by atoms with E-state index in [2.05, 4.69) is 24.1 Å². The van der Waals surface area contributed by atoms with E-state index in [0.717, 1.165) is 55.4 Å². The van der Waals surface area contributed by atoms with E-state index in [4.69, 9.17) is 9.72 Å². The van der Waals surface area contributed by atoms with E-state index in [-0.39, 0.29) is 0 Å². The molecule has 0 radical (unpaired) electrons.